The number of hydrogen-bond donors (Lipinski definition) is 2. The van der Waals surface area contributed by atoms with Crippen LogP contribution in [0.5, 0.6) is 5.75 Å². The molecule has 1 aromatic heterocycles. The van der Waals surface area contributed by atoms with E-state index < -0.39 is 6.10 Å². The van der Waals surface area contributed by atoms with E-state index in [2.05, 4.69) is 24.1 Å². The Labute approximate surface area is 109 Å². The first kappa shape index (κ1) is 14.9. The number of aromatic nitrogens is 1. The van der Waals surface area contributed by atoms with Crippen LogP contribution in [0.1, 0.15) is 33.4 Å². The summed E-state index contributed by atoms with van der Waals surface area (Å²) in [6.07, 6.45) is 1.26. The third-order valence-corrected chi connectivity index (χ3v) is 2.68. The van der Waals surface area contributed by atoms with Crippen LogP contribution in [-0.4, -0.2) is 28.8 Å². The molecule has 0 saturated heterocycles. The van der Waals surface area contributed by atoms with Gasteiger partial charge < -0.3 is 15.2 Å². The fraction of sp³-hybridized carbons (Fsp3) is 0.643. The second-order valence-electron chi connectivity index (χ2n) is 5.14. The Bertz CT molecular complexity index is 336. The van der Waals surface area contributed by atoms with Crippen molar-refractivity contribution in [2.45, 2.75) is 46.4 Å². The van der Waals surface area contributed by atoms with Crippen LogP contribution < -0.4 is 10.1 Å². The maximum absolute atomic E-state index is 9.63. The molecule has 0 fully saturated rings. The summed E-state index contributed by atoms with van der Waals surface area (Å²) in [5, 5.41) is 12.9. The van der Waals surface area contributed by atoms with Gasteiger partial charge in [-0.25, -0.2) is 0 Å². The lowest BCUT2D eigenvalue weighted by atomic mass is 10.1. The standard InChI is InChI=1S/C14H24N2O2/c1-10(2)14(17)9-18-13-6-5-12(16-8-13)7-15-11(3)4/h5-6,8,10-11,14-15,17H,7,9H2,1-4H3. The van der Waals surface area contributed by atoms with Crippen LogP contribution in [0.3, 0.4) is 0 Å². The van der Waals surface area contributed by atoms with Gasteiger partial charge in [-0.2, -0.15) is 0 Å². The molecule has 0 saturated carbocycles. The van der Waals surface area contributed by atoms with Gasteiger partial charge in [0, 0.05) is 12.6 Å². The van der Waals surface area contributed by atoms with Gasteiger partial charge in [-0.1, -0.05) is 27.7 Å². The third kappa shape index (κ3) is 5.47. The highest BCUT2D eigenvalue weighted by molar-refractivity contribution is 5.19. The first-order valence-electron chi connectivity index (χ1n) is 6.48. The van der Waals surface area contributed by atoms with Gasteiger partial charge in [0.25, 0.3) is 0 Å². The minimum Gasteiger partial charge on any atom is -0.489 e. The molecular formula is C14H24N2O2. The van der Waals surface area contributed by atoms with Crippen molar-refractivity contribution in [2.75, 3.05) is 6.61 Å². The minimum absolute atomic E-state index is 0.201. The fourth-order valence-corrected chi connectivity index (χ4v) is 1.28. The second kappa shape index (κ2) is 7.34. The monoisotopic (exact) mass is 252 g/mol. The first-order chi connectivity index (χ1) is 8.49. The number of pyridine rings is 1. The van der Waals surface area contributed by atoms with E-state index in [4.69, 9.17) is 4.74 Å². The molecule has 2 N–H and O–H groups in total. The molecule has 1 atom stereocenters. The summed E-state index contributed by atoms with van der Waals surface area (Å²) in [6.45, 7) is 9.20. The average molecular weight is 252 g/mol. The predicted octanol–water partition coefficient (Wildman–Crippen LogP) is 1.98. The van der Waals surface area contributed by atoms with Crippen LogP contribution >= 0.6 is 0 Å². The lowest BCUT2D eigenvalue weighted by molar-refractivity contribution is 0.0700. The second-order valence-corrected chi connectivity index (χ2v) is 5.14. The van der Waals surface area contributed by atoms with Crippen molar-refractivity contribution in [3.05, 3.63) is 24.0 Å². The Morgan fingerprint density at radius 3 is 2.50 bits per heavy atom. The summed E-state index contributed by atoms with van der Waals surface area (Å²) in [7, 11) is 0. The lowest BCUT2D eigenvalue weighted by Gasteiger charge is -2.15. The Kier molecular flexibility index (Phi) is 6.09. The summed E-state index contributed by atoms with van der Waals surface area (Å²) < 4.78 is 5.48. The highest BCUT2D eigenvalue weighted by Gasteiger charge is 2.09. The number of hydrogen-bond acceptors (Lipinski definition) is 4. The molecule has 0 aliphatic heterocycles. The van der Waals surface area contributed by atoms with Crippen molar-refractivity contribution >= 4 is 0 Å². The smallest absolute Gasteiger partial charge is 0.137 e. The van der Waals surface area contributed by atoms with E-state index in [9.17, 15) is 5.11 Å². The molecule has 0 radical (unpaired) electrons. The van der Waals surface area contributed by atoms with Crippen LogP contribution in [0, 0.1) is 5.92 Å². The number of ether oxygens (including phenoxy) is 1. The van der Waals surface area contributed by atoms with Crippen molar-refractivity contribution in [1.82, 2.24) is 10.3 Å². The highest BCUT2D eigenvalue weighted by atomic mass is 16.5. The maximum atomic E-state index is 9.63. The van der Waals surface area contributed by atoms with Crippen LogP contribution in [0.4, 0.5) is 0 Å². The number of nitrogens with one attached hydrogen (secondary N) is 1. The largest absolute Gasteiger partial charge is 0.489 e. The highest BCUT2D eigenvalue weighted by Crippen LogP contribution is 2.11. The summed E-state index contributed by atoms with van der Waals surface area (Å²) in [5.74, 6) is 0.899. The van der Waals surface area contributed by atoms with Gasteiger partial charge in [-0.15, -0.1) is 0 Å². The molecule has 4 heteroatoms. The third-order valence-electron chi connectivity index (χ3n) is 2.68. The van der Waals surface area contributed by atoms with E-state index in [0.29, 0.717) is 18.4 Å². The van der Waals surface area contributed by atoms with Gasteiger partial charge in [0.2, 0.25) is 0 Å². The molecule has 1 heterocycles. The van der Waals surface area contributed by atoms with Crippen molar-refractivity contribution in [2.24, 2.45) is 5.92 Å². The molecule has 0 aliphatic rings. The fourth-order valence-electron chi connectivity index (χ4n) is 1.28. The topological polar surface area (TPSA) is 54.4 Å². The number of aliphatic hydroxyl groups excluding tert-OH is 1. The molecule has 0 aromatic carbocycles. The van der Waals surface area contributed by atoms with Crippen molar-refractivity contribution in [3.8, 4) is 5.75 Å². The van der Waals surface area contributed by atoms with E-state index in [1.165, 1.54) is 0 Å². The summed E-state index contributed by atoms with van der Waals surface area (Å²) >= 11 is 0. The van der Waals surface area contributed by atoms with E-state index in [1.807, 2.05) is 26.0 Å². The van der Waals surface area contributed by atoms with E-state index in [0.717, 1.165) is 12.2 Å². The van der Waals surface area contributed by atoms with Gasteiger partial charge in [0.05, 0.1) is 18.0 Å². The van der Waals surface area contributed by atoms with Gasteiger partial charge in [-0.3, -0.25) is 4.98 Å². The van der Waals surface area contributed by atoms with Crippen molar-refractivity contribution in [3.63, 3.8) is 0 Å². The zero-order valence-electron chi connectivity index (χ0n) is 11.7. The Morgan fingerprint density at radius 1 is 1.28 bits per heavy atom. The first-order valence-corrected chi connectivity index (χ1v) is 6.48. The summed E-state index contributed by atoms with van der Waals surface area (Å²) in [4.78, 5) is 4.30. The van der Waals surface area contributed by atoms with Gasteiger partial charge in [-0.05, 0) is 18.1 Å². The number of nitrogens with zero attached hydrogens (tertiary/aromatic N) is 1. The van der Waals surface area contributed by atoms with E-state index >= 15 is 0 Å². The predicted molar refractivity (Wildman–Crippen MR) is 72.6 cm³/mol. The van der Waals surface area contributed by atoms with Crippen molar-refractivity contribution in [1.29, 1.82) is 0 Å². The van der Waals surface area contributed by atoms with Gasteiger partial charge >= 0.3 is 0 Å². The molecule has 1 rings (SSSR count). The molecule has 18 heavy (non-hydrogen) atoms. The zero-order valence-corrected chi connectivity index (χ0v) is 11.7. The minimum atomic E-state index is -0.438. The molecule has 0 aliphatic carbocycles. The van der Waals surface area contributed by atoms with E-state index in [-0.39, 0.29) is 5.92 Å². The lowest BCUT2D eigenvalue weighted by Crippen LogP contribution is -2.23. The number of aliphatic hydroxyl groups is 1. The quantitative estimate of drug-likeness (QED) is 0.779. The molecule has 102 valence electrons. The Balaban J connectivity index is 2.40. The van der Waals surface area contributed by atoms with E-state index in [1.54, 1.807) is 6.20 Å². The van der Waals surface area contributed by atoms with Crippen LogP contribution in [0.2, 0.25) is 0 Å². The summed E-state index contributed by atoms with van der Waals surface area (Å²) in [5.41, 5.74) is 0.987. The SMILES string of the molecule is CC(C)NCc1ccc(OCC(O)C(C)C)cn1. The van der Waals surface area contributed by atoms with Crippen LogP contribution in [-0.2, 0) is 6.54 Å². The van der Waals surface area contributed by atoms with Crippen molar-refractivity contribution < 1.29 is 9.84 Å². The molecule has 0 bridgehead atoms. The molecular weight excluding hydrogens is 228 g/mol. The molecule has 1 unspecified atom stereocenters. The number of rotatable bonds is 7. The van der Waals surface area contributed by atoms with Crippen LogP contribution in [0.15, 0.2) is 18.3 Å². The maximum Gasteiger partial charge on any atom is 0.137 e. The average Bonchev–Trinajstić information content (AvgIpc) is 2.34. The Hall–Kier alpha value is -1.13. The van der Waals surface area contributed by atoms with Crippen LogP contribution in [0.25, 0.3) is 0 Å². The molecule has 1 aromatic rings. The molecule has 4 nitrogen and oxygen atoms in total. The Morgan fingerprint density at radius 2 is 2.00 bits per heavy atom. The van der Waals surface area contributed by atoms with Gasteiger partial charge in [0.1, 0.15) is 12.4 Å². The molecule has 0 amide bonds. The molecule has 0 spiro atoms. The van der Waals surface area contributed by atoms with Gasteiger partial charge in [0.15, 0.2) is 0 Å². The summed E-state index contributed by atoms with van der Waals surface area (Å²) in [6, 6.07) is 4.27. The zero-order chi connectivity index (χ0) is 13.5. The normalized spacial score (nSPS) is 13.1.